The highest BCUT2D eigenvalue weighted by atomic mass is 16.2. The van der Waals surface area contributed by atoms with E-state index in [2.05, 4.69) is 58.3 Å². The second-order valence-corrected chi connectivity index (χ2v) is 17.8. The van der Waals surface area contributed by atoms with E-state index in [0.717, 1.165) is 77.0 Å². The molecule has 6 atom stereocenters. The molecule has 4 heterocycles. The zero-order valence-corrected chi connectivity index (χ0v) is 31.3. The Balaban J connectivity index is 0.793. The van der Waals surface area contributed by atoms with Crippen LogP contribution in [0.5, 0.6) is 0 Å². The van der Waals surface area contributed by atoms with E-state index in [1.807, 2.05) is 9.80 Å². The van der Waals surface area contributed by atoms with Gasteiger partial charge in [-0.05, 0) is 150 Å². The Morgan fingerprint density at radius 3 is 1.13 bits per heavy atom. The van der Waals surface area contributed by atoms with Gasteiger partial charge in [-0.3, -0.25) is 9.80 Å². The summed E-state index contributed by atoms with van der Waals surface area (Å²) in [6, 6.07) is 20.2. The standard InChI is InChI=1S/C44H62N6O2/c45-43(51)49(31-17-13-29(14-18-31)25-27-47-37-21-22-38(47)34-8-2-1-7-33(34)37)41-11-5-6-12-42(41)50(44(46)52)32-19-15-30(16-20-32)26-28-48-39-23-24-40(48)36-10-4-3-9-35(36)39/h1-4,7-10,29-32,37-42H,5-6,11-28H2,(H2,45,51)(H2,46,52)/t29?,30?,31?,32?,37-,38+,39-,40+,41?,42?. The van der Waals surface area contributed by atoms with Crippen molar-refractivity contribution in [3.05, 3.63) is 70.8 Å². The highest BCUT2D eigenvalue weighted by Crippen LogP contribution is 2.54. The van der Waals surface area contributed by atoms with Gasteiger partial charge in [0, 0.05) is 36.3 Å². The maximum Gasteiger partial charge on any atom is 0.315 e. The van der Waals surface area contributed by atoms with Gasteiger partial charge >= 0.3 is 12.1 Å². The molecule has 3 saturated carbocycles. The first-order chi connectivity index (χ1) is 25.5. The van der Waals surface area contributed by atoms with Gasteiger partial charge in [0.25, 0.3) is 0 Å². The van der Waals surface area contributed by atoms with E-state index in [0.29, 0.717) is 36.0 Å². The highest BCUT2D eigenvalue weighted by molar-refractivity contribution is 5.75. The van der Waals surface area contributed by atoms with E-state index in [4.69, 9.17) is 11.5 Å². The Hall–Kier alpha value is -3.10. The van der Waals surface area contributed by atoms with E-state index in [1.165, 1.54) is 51.6 Å². The van der Waals surface area contributed by atoms with Crippen molar-refractivity contribution in [1.82, 2.24) is 19.6 Å². The lowest BCUT2D eigenvalue weighted by atomic mass is 9.79. The van der Waals surface area contributed by atoms with Gasteiger partial charge in [0.2, 0.25) is 0 Å². The second kappa shape index (κ2) is 14.6. The quantitative estimate of drug-likeness (QED) is 0.258. The number of rotatable bonds is 10. The first kappa shape index (κ1) is 34.7. The lowest BCUT2D eigenvalue weighted by Gasteiger charge is -2.50. The average molecular weight is 707 g/mol. The first-order valence-corrected chi connectivity index (χ1v) is 21.3. The fraction of sp³-hybridized carbons (Fsp3) is 0.682. The molecule has 4 bridgehead atoms. The molecule has 4 aliphatic heterocycles. The van der Waals surface area contributed by atoms with Gasteiger partial charge < -0.3 is 21.3 Å². The van der Waals surface area contributed by atoms with Crippen LogP contribution in [0.25, 0.3) is 0 Å². The Bertz CT molecular complexity index is 1420. The maximum absolute atomic E-state index is 13.3. The molecule has 9 rings (SSSR count). The third-order valence-electron chi connectivity index (χ3n) is 15.4. The summed E-state index contributed by atoms with van der Waals surface area (Å²) in [5.74, 6) is 1.40. The summed E-state index contributed by atoms with van der Waals surface area (Å²) in [4.78, 5) is 36.3. The van der Waals surface area contributed by atoms with Crippen molar-refractivity contribution in [2.45, 2.75) is 164 Å². The Labute approximate surface area is 311 Å². The van der Waals surface area contributed by atoms with Crippen molar-refractivity contribution in [3.63, 3.8) is 0 Å². The summed E-state index contributed by atoms with van der Waals surface area (Å²) >= 11 is 0. The van der Waals surface area contributed by atoms with Crippen LogP contribution in [0.3, 0.4) is 0 Å². The zero-order valence-electron chi connectivity index (χ0n) is 31.3. The molecule has 52 heavy (non-hydrogen) atoms. The molecular formula is C44H62N6O2. The molecule has 4 amide bonds. The predicted octanol–water partition coefficient (Wildman–Crippen LogP) is 8.74. The molecule has 8 nitrogen and oxygen atoms in total. The van der Waals surface area contributed by atoms with E-state index in [-0.39, 0.29) is 36.2 Å². The monoisotopic (exact) mass is 706 g/mol. The van der Waals surface area contributed by atoms with Crippen LogP contribution in [0.2, 0.25) is 0 Å². The fourth-order valence-electron chi connectivity index (χ4n) is 13.0. The van der Waals surface area contributed by atoms with Crippen LogP contribution < -0.4 is 11.5 Å². The van der Waals surface area contributed by atoms with Crippen LogP contribution in [0.1, 0.15) is 162 Å². The van der Waals surface area contributed by atoms with Gasteiger partial charge in [-0.15, -0.1) is 0 Å². The summed E-state index contributed by atoms with van der Waals surface area (Å²) in [5.41, 5.74) is 18.8. The van der Waals surface area contributed by atoms with Gasteiger partial charge in [-0.2, -0.15) is 0 Å². The number of carbonyl (C=O) groups is 2. The number of fused-ring (bicyclic) bond motifs is 10. The van der Waals surface area contributed by atoms with Crippen LogP contribution in [0, 0.1) is 11.8 Å². The highest BCUT2D eigenvalue weighted by Gasteiger charge is 2.46. The molecule has 2 unspecified atom stereocenters. The van der Waals surface area contributed by atoms with Crippen molar-refractivity contribution < 1.29 is 9.59 Å². The van der Waals surface area contributed by atoms with Gasteiger partial charge in [0.05, 0.1) is 12.1 Å². The SMILES string of the molecule is NC(=O)N(C1CCC(CCN2[C@@H]3CC[C@H]2c2ccccc23)CC1)C1CCCCC1N(C(N)=O)C1CCC(CCN2[C@@H]3CC[C@H]2c2ccccc23)CC1. The van der Waals surface area contributed by atoms with Gasteiger partial charge in [0.15, 0.2) is 0 Å². The first-order valence-electron chi connectivity index (χ1n) is 21.3. The van der Waals surface area contributed by atoms with Crippen molar-refractivity contribution in [2.75, 3.05) is 13.1 Å². The maximum atomic E-state index is 13.3. The van der Waals surface area contributed by atoms with Gasteiger partial charge in [0.1, 0.15) is 0 Å². The molecular weight excluding hydrogens is 645 g/mol. The summed E-state index contributed by atoms with van der Waals surface area (Å²) in [6.07, 6.45) is 20.3. The number of primary amides is 2. The lowest BCUT2D eigenvalue weighted by Crippen LogP contribution is -2.63. The molecule has 3 aliphatic carbocycles. The Morgan fingerprint density at radius 1 is 0.500 bits per heavy atom. The Morgan fingerprint density at radius 2 is 0.827 bits per heavy atom. The number of nitrogens with two attached hydrogens (primary N) is 2. The number of hydrogen-bond donors (Lipinski definition) is 2. The van der Waals surface area contributed by atoms with Crippen LogP contribution >= 0.6 is 0 Å². The zero-order chi connectivity index (χ0) is 35.3. The van der Waals surface area contributed by atoms with E-state index < -0.39 is 0 Å². The third-order valence-corrected chi connectivity index (χ3v) is 15.4. The van der Waals surface area contributed by atoms with E-state index in [1.54, 1.807) is 22.3 Å². The number of nitrogens with zero attached hydrogens (tertiary/aromatic N) is 4. The van der Waals surface area contributed by atoms with Crippen LogP contribution in [-0.2, 0) is 0 Å². The fourth-order valence-corrected chi connectivity index (χ4v) is 13.0. The molecule has 2 aromatic rings. The molecule has 2 aromatic carbocycles. The summed E-state index contributed by atoms with van der Waals surface area (Å²) in [5, 5.41) is 0. The molecule has 2 saturated heterocycles. The average Bonchev–Trinajstić information content (AvgIpc) is 3.93. The number of carbonyl (C=O) groups excluding carboxylic acids is 2. The van der Waals surface area contributed by atoms with Gasteiger partial charge in [-0.25, -0.2) is 9.59 Å². The van der Waals surface area contributed by atoms with Crippen LogP contribution in [0.15, 0.2) is 48.5 Å². The number of amides is 4. The number of urea groups is 2. The third kappa shape index (κ3) is 6.23. The van der Waals surface area contributed by atoms with E-state index >= 15 is 0 Å². The van der Waals surface area contributed by atoms with Crippen molar-refractivity contribution in [3.8, 4) is 0 Å². The summed E-state index contributed by atoms with van der Waals surface area (Å²) in [6.45, 7) is 2.35. The van der Waals surface area contributed by atoms with Crippen molar-refractivity contribution in [1.29, 1.82) is 0 Å². The minimum absolute atomic E-state index is 0.0379. The lowest BCUT2D eigenvalue weighted by molar-refractivity contribution is 0.0242. The summed E-state index contributed by atoms with van der Waals surface area (Å²) < 4.78 is 0. The van der Waals surface area contributed by atoms with Crippen molar-refractivity contribution >= 4 is 12.1 Å². The predicted molar refractivity (Wildman–Crippen MR) is 205 cm³/mol. The molecule has 5 fully saturated rings. The Kier molecular flexibility index (Phi) is 9.74. The van der Waals surface area contributed by atoms with Crippen LogP contribution in [-0.4, -0.2) is 68.9 Å². The normalized spacial score (nSPS) is 35.3. The minimum Gasteiger partial charge on any atom is -0.351 e. The minimum atomic E-state index is -0.307. The van der Waals surface area contributed by atoms with E-state index in [9.17, 15) is 9.59 Å². The number of hydrogen-bond acceptors (Lipinski definition) is 4. The molecule has 0 aromatic heterocycles. The molecule has 0 radical (unpaired) electrons. The van der Waals surface area contributed by atoms with Gasteiger partial charge in [-0.1, -0.05) is 61.4 Å². The summed E-state index contributed by atoms with van der Waals surface area (Å²) in [7, 11) is 0. The molecule has 8 heteroatoms. The number of benzene rings is 2. The smallest absolute Gasteiger partial charge is 0.315 e. The molecule has 280 valence electrons. The molecule has 7 aliphatic rings. The second-order valence-electron chi connectivity index (χ2n) is 17.8. The molecule has 4 N–H and O–H groups in total. The largest absolute Gasteiger partial charge is 0.351 e. The topological polar surface area (TPSA) is 99.1 Å². The van der Waals surface area contributed by atoms with Crippen molar-refractivity contribution in [2.24, 2.45) is 23.3 Å². The molecule has 0 spiro atoms. The van der Waals surface area contributed by atoms with Crippen LogP contribution in [0.4, 0.5) is 9.59 Å².